The number of rotatable bonds is 4. The molecule has 3 nitrogen and oxygen atoms in total. The van der Waals surface area contributed by atoms with Crippen molar-refractivity contribution in [2.45, 2.75) is 6.92 Å². The molecule has 0 bridgehead atoms. The number of benzene rings is 3. The van der Waals surface area contributed by atoms with E-state index in [2.05, 4.69) is 17.2 Å². The number of carbonyl (C=O) groups is 1. The summed E-state index contributed by atoms with van der Waals surface area (Å²) in [5.41, 5.74) is 1.74. The van der Waals surface area contributed by atoms with Crippen molar-refractivity contribution in [2.24, 2.45) is 0 Å². The molecule has 25 heavy (non-hydrogen) atoms. The SMILES string of the molecule is Cc1ccccc1OCC#CCNC(=O)c1cccc2ccccc12. The Hall–Kier alpha value is -3.25. The van der Waals surface area contributed by atoms with Gasteiger partial charge in [0.1, 0.15) is 12.4 Å². The highest BCUT2D eigenvalue weighted by atomic mass is 16.5. The first kappa shape index (κ1) is 16.6. The van der Waals surface area contributed by atoms with E-state index in [4.69, 9.17) is 4.74 Å². The minimum Gasteiger partial charge on any atom is -0.481 e. The van der Waals surface area contributed by atoms with Gasteiger partial charge in [-0.25, -0.2) is 0 Å². The van der Waals surface area contributed by atoms with E-state index in [1.807, 2.05) is 73.7 Å². The van der Waals surface area contributed by atoms with Crippen LogP contribution in [0.2, 0.25) is 0 Å². The predicted molar refractivity (Wildman–Crippen MR) is 101 cm³/mol. The summed E-state index contributed by atoms with van der Waals surface area (Å²) in [5, 5.41) is 4.82. The van der Waals surface area contributed by atoms with E-state index in [9.17, 15) is 4.79 Å². The summed E-state index contributed by atoms with van der Waals surface area (Å²) in [6.45, 7) is 2.58. The van der Waals surface area contributed by atoms with Gasteiger partial charge in [-0.15, -0.1) is 0 Å². The van der Waals surface area contributed by atoms with Crippen molar-refractivity contribution in [3.8, 4) is 17.6 Å². The standard InChI is InChI=1S/C22H19NO2/c1-17-9-2-5-14-21(17)25-16-7-6-15-23-22(24)20-13-8-11-18-10-3-4-12-19(18)20/h2-5,8-14H,15-16H2,1H3,(H,23,24). The Morgan fingerprint density at radius 1 is 0.960 bits per heavy atom. The van der Waals surface area contributed by atoms with Crippen molar-refractivity contribution in [3.05, 3.63) is 77.9 Å². The molecule has 124 valence electrons. The highest BCUT2D eigenvalue weighted by Crippen LogP contribution is 2.18. The van der Waals surface area contributed by atoms with Gasteiger partial charge in [-0.1, -0.05) is 66.4 Å². The predicted octanol–water partition coefficient (Wildman–Crippen LogP) is 3.96. The Bertz CT molecular complexity index is 945. The van der Waals surface area contributed by atoms with Crippen LogP contribution < -0.4 is 10.1 Å². The molecule has 1 amide bonds. The van der Waals surface area contributed by atoms with Crippen LogP contribution in [-0.4, -0.2) is 19.1 Å². The van der Waals surface area contributed by atoms with Gasteiger partial charge in [0.2, 0.25) is 0 Å². The maximum Gasteiger partial charge on any atom is 0.252 e. The van der Waals surface area contributed by atoms with Crippen molar-refractivity contribution >= 4 is 16.7 Å². The molecule has 1 N–H and O–H groups in total. The van der Waals surface area contributed by atoms with E-state index in [0.29, 0.717) is 18.7 Å². The Labute approximate surface area is 147 Å². The number of ether oxygens (including phenoxy) is 1. The molecule has 0 unspecified atom stereocenters. The molecule has 0 fully saturated rings. The molecule has 0 heterocycles. The molecule has 0 aliphatic heterocycles. The highest BCUT2D eigenvalue weighted by Gasteiger charge is 2.07. The fraction of sp³-hybridized carbons (Fsp3) is 0.136. The van der Waals surface area contributed by atoms with E-state index in [1.165, 1.54) is 0 Å². The molecule has 0 radical (unpaired) electrons. The smallest absolute Gasteiger partial charge is 0.252 e. The fourth-order valence-electron chi connectivity index (χ4n) is 2.59. The third-order valence-electron chi connectivity index (χ3n) is 3.89. The summed E-state index contributed by atoms with van der Waals surface area (Å²) in [6, 6.07) is 21.4. The van der Waals surface area contributed by atoms with Gasteiger partial charge in [-0.05, 0) is 35.4 Å². The van der Waals surface area contributed by atoms with Gasteiger partial charge in [0.15, 0.2) is 0 Å². The van der Waals surface area contributed by atoms with Crippen LogP contribution >= 0.6 is 0 Å². The summed E-state index contributed by atoms with van der Waals surface area (Å²) >= 11 is 0. The Kier molecular flexibility index (Phi) is 5.33. The van der Waals surface area contributed by atoms with Gasteiger partial charge in [-0.3, -0.25) is 4.79 Å². The number of hydrogen-bond acceptors (Lipinski definition) is 2. The van der Waals surface area contributed by atoms with E-state index in [0.717, 1.165) is 22.1 Å². The van der Waals surface area contributed by atoms with Crippen LogP contribution in [0.1, 0.15) is 15.9 Å². The molecule has 0 atom stereocenters. The lowest BCUT2D eigenvalue weighted by molar-refractivity contribution is 0.0960. The molecular formula is C22H19NO2. The second-order valence-electron chi connectivity index (χ2n) is 5.62. The van der Waals surface area contributed by atoms with Gasteiger partial charge in [0, 0.05) is 5.56 Å². The van der Waals surface area contributed by atoms with Crippen LogP contribution in [-0.2, 0) is 0 Å². The third kappa shape index (κ3) is 4.19. The molecule has 3 aromatic carbocycles. The van der Waals surface area contributed by atoms with Gasteiger partial charge in [0.05, 0.1) is 6.54 Å². The van der Waals surface area contributed by atoms with Crippen molar-refractivity contribution in [3.63, 3.8) is 0 Å². The quantitative estimate of drug-likeness (QED) is 0.736. The van der Waals surface area contributed by atoms with Crippen molar-refractivity contribution in [1.29, 1.82) is 0 Å². The summed E-state index contributed by atoms with van der Waals surface area (Å²) in [5.74, 6) is 6.55. The maximum atomic E-state index is 12.3. The van der Waals surface area contributed by atoms with Crippen LogP contribution in [0.4, 0.5) is 0 Å². The highest BCUT2D eigenvalue weighted by molar-refractivity contribution is 6.07. The molecule has 3 heteroatoms. The Balaban J connectivity index is 1.54. The molecule has 3 rings (SSSR count). The summed E-state index contributed by atoms with van der Waals surface area (Å²) in [4.78, 5) is 12.3. The van der Waals surface area contributed by atoms with Crippen molar-refractivity contribution in [2.75, 3.05) is 13.2 Å². The number of carbonyl (C=O) groups excluding carboxylic acids is 1. The number of aryl methyl sites for hydroxylation is 1. The molecule has 0 aliphatic carbocycles. The van der Waals surface area contributed by atoms with E-state index in [1.54, 1.807) is 0 Å². The molecule has 0 saturated carbocycles. The third-order valence-corrected chi connectivity index (χ3v) is 3.89. The van der Waals surface area contributed by atoms with E-state index >= 15 is 0 Å². The molecule has 0 spiro atoms. The number of para-hydroxylation sites is 1. The maximum absolute atomic E-state index is 12.3. The lowest BCUT2D eigenvalue weighted by atomic mass is 10.0. The van der Waals surface area contributed by atoms with Gasteiger partial charge < -0.3 is 10.1 Å². The van der Waals surface area contributed by atoms with Crippen LogP contribution in [0.3, 0.4) is 0 Å². The molecule has 0 aliphatic rings. The first-order valence-corrected chi connectivity index (χ1v) is 8.16. The Morgan fingerprint density at radius 2 is 1.72 bits per heavy atom. The molecular weight excluding hydrogens is 310 g/mol. The Morgan fingerprint density at radius 3 is 2.60 bits per heavy atom. The first-order chi connectivity index (χ1) is 12.3. The van der Waals surface area contributed by atoms with Gasteiger partial charge in [0.25, 0.3) is 5.91 Å². The number of amides is 1. The van der Waals surface area contributed by atoms with Crippen molar-refractivity contribution < 1.29 is 9.53 Å². The second-order valence-corrected chi connectivity index (χ2v) is 5.62. The van der Waals surface area contributed by atoms with E-state index in [-0.39, 0.29) is 5.91 Å². The van der Waals surface area contributed by atoms with Gasteiger partial charge >= 0.3 is 0 Å². The zero-order valence-electron chi connectivity index (χ0n) is 14.1. The minimum absolute atomic E-state index is 0.120. The van der Waals surface area contributed by atoms with Gasteiger partial charge in [-0.2, -0.15) is 0 Å². The van der Waals surface area contributed by atoms with Crippen LogP contribution in [0.25, 0.3) is 10.8 Å². The monoisotopic (exact) mass is 329 g/mol. The summed E-state index contributed by atoms with van der Waals surface area (Å²) in [6.07, 6.45) is 0. The first-order valence-electron chi connectivity index (χ1n) is 8.16. The molecule has 0 saturated heterocycles. The van der Waals surface area contributed by atoms with Crippen LogP contribution in [0.5, 0.6) is 5.75 Å². The van der Waals surface area contributed by atoms with E-state index < -0.39 is 0 Å². The number of fused-ring (bicyclic) bond motifs is 1. The number of nitrogens with one attached hydrogen (secondary N) is 1. The largest absolute Gasteiger partial charge is 0.481 e. The average Bonchev–Trinajstić information content (AvgIpc) is 2.65. The average molecular weight is 329 g/mol. The lowest BCUT2D eigenvalue weighted by Crippen LogP contribution is -2.23. The zero-order chi connectivity index (χ0) is 17.5. The summed E-state index contributed by atoms with van der Waals surface area (Å²) in [7, 11) is 0. The molecule has 3 aromatic rings. The minimum atomic E-state index is -0.120. The topological polar surface area (TPSA) is 38.3 Å². The zero-order valence-corrected chi connectivity index (χ0v) is 14.1. The van der Waals surface area contributed by atoms with Crippen LogP contribution in [0.15, 0.2) is 66.7 Å². The molecule has 0 aromatic heterocycles. The fourth-order valence-corrected chi connectivity index (χ4v) is 2.59. The number of hydrogen-bond donors (Lipinski definition) is 1. The van der Waals surface area contributed by atoms with Crippen LogP contribution in [0, 0.1) is 18.8 Å². The van der Waals surface area contributed by atoms with Crippen molar-refractivity contribution in [1.82, 2.24) is 5.32 Å². The normalized spacial score (nSPS) is 9.96. The second kappa shape index (κ2) is 8.03. The summed E-state index contributed by atoms with van der Waals surface area (Å²) < 4.78 is 5.60. The lowest BCUT2D eigenvalue weighted by Gasteiger charge is -2.06.